The van der Waals surface area contributed by atoms with Gasteiger partial charge in [0.1, 0.15) is 5.82 Å². The highest BCUT2D eigenvalue weighted by molar-refractivity contribution is 7.91. The van der Waals surface area contributed by atoms with Crippen molar-refractivity contribution in [3.63, 3.8) is 0 Å². The molecule has 7 nitrogen and oxygen atoms in total. The van der Waals surface area contributed by atoms with Crippen LogP contribution in [0.2, 0.25) is 0 Å². The van der Waals surface area contributed by atoms with Gasteiger partial charge < -0.3 is 4.57 Å². The molecule has 0 aliphatic heterocycles. The van der Waals surface area contributed by atoms with Crippen molar-refractivity contribution in [2.75, 3.05) is 6.54 Å². The van der Waals surface area contributed by atoms with Crippen molar-refractivity contribution in [3.8, 4) is 0 Å². The maximum absolute atomic E-state index is 13.1. The summed E-state index contributed by atoms with van der Waals surface area (Å²) in [6.07, 6.45) is 4.85. The number of hydrogen-bond acceptors (Lipinski definition) is 5. The summed E-state index contributed by atoms with van der Waals surface area (Å²) >= 11 is 0. The molecule has 1 heterocycles. The second-order valence-corrected chi connectivity index (χ2v) is 9.77. The third-order valence-electron chi connectivity index (χ3n) is 4.10. The normalized spacial score (nSPS) is 12.2. The van der Waals surface area contributed by atoms with Crippen LogP contribution in [0, 0.1) is 12.7 Å². The van der Waals surface area contributed by atoms with Crippen LogP contribution < -0.4 is 4.72 Å². The molecule has 28 heavy (non-hydrogen) atoms. The largest absolute Gasteiger partial charge is 0.336 e. The van der Waals surface area contributed by atoms with Gasteiger partial charge in [-0.05, 0) is 48.9 Å². The SMILES string of the molecule is Cc1ccc(S(=O)(=O)c2ccc(F)cc2)cc1S(=O)(=O)NCCn1ccnc1. The predicted octanol–water partition coefficient (Wildman–Crippen LogP) is 2.14. The number of nitrogens with one attached hydrogen (secondary N) is 1. The Morgan fingerprint density at radius 3 is 2.36 bits per heavy atom. The fourth-order valence-corrected chi connectivity index (χ4v) is 5.24. The Hall–Kier alpha value is -2.56. The average Bonchev–Trinajstić information content (AvgIpc) is 3.15. The maximum Gasteiger partial charge on any atom is 0.240 e. The molecule has 0 spiro atoms. The molecule has 0 atom stereocenters. The van der Waals surface area contributed by atoms with Gasteiger partial charge in [0.2, 0.25) is 19.9 Å². The molecule has 1 aromatic heterocycles. The number of nitrogens with zero attached hydrogens (tertiary/aromatic N) is 2. The lowest BCUT2D eigenvalue weighted by molar-refractivity contribution is 0.572. The number of halogens is 1. The van der Waals surface area contributed by atoms with Crippen molar-refractivity contribution in [1.29, 1.82) is 0 Å². The zero-order valence-corrected chi connectivity index (χ0v) is 16.5. The van der Waals surface area contributed by atoms with Crippen molar-refractivity contribution in [2.24, 2.45) is 0 Å². The van der Waals surface area contributed by atoms with E-state index in [0.717, 1.165) is 30.3 Å². The van der Waals surface area contributed by atoms with Crippen molar-refractivity contribution in [2.45, 2.75) is 28.2 Å². The Kier molecular flexibility index (Phi) is 5.64. The van der Waals surface area contributed by atoms with Crippen LogP contribution in [0.4, 0.5) is 4.39 Å². The molecular formula is C18H18FN3O4S2. The van der Waals surface area contributed by atoms with Crippen LogP contribution in [0.5, 0.6) is 0 Å². The lowest BCUT2D eigenvalue weighted by Crippen LogP contribution is -2.28. The third kappa shape index (κ3) is 4.29. The molecule has 2 aromatic carbocycles. The number of hydrogen-bond donors (Lipinski definition) is 1. The molecule has 0 aliphatic rings. The fourth-order valence-electron chi connectivity index (χ4n) is 2.59. The van der Waals surface area contributed by atoms with E-state index in [-0.39, 0.29) is 21.2 Å². The van der Waals surface area contributed by atoms with Crippen molar-refractivity contribution >= 4 is 19.9 Å². The van der Waals surface area contributed by atoms with Crippen LogP contribution in [0.3, 0.4) is 0 Å². The first-order chi connectivity index (χ1) is 13.2. The van der Waals surface area contributed by atoms with E-state index < -0.39 is 25.7 Å². The van der Waals surface area contributed by atoms with Crippen molar-refractivity contribution < 1.29 is 21.2 Å². The van der Waals surface area contributed by atoms with Gasteiger partial charge in [-0.15, -0.1) is 0 Å². The highest BCUT2D eigenvalue weighted by Crippen LogP contribution is 2.25. The van der Waals surface area contributed by atoms with Gasteiger partial charge in [-0.2, -0.15) is 0 Å². The smallest absolute Gasteiger partial charge is 0.240 e. The van der Waals surface area contributed by atoms with Crippen LogP contribution in [0.25, 0.3) is 0 Å². The molecule has 0 aliphatic carbocycles. The summed E-state index contributed by atoms with van der Waals surface area (Å²) < 4.78 is 68.1. The molecule has 3 rings (SSSR count). The van der Waals surface area contributed by atoms with Gasteiger partial charge >= 0.3 is 0 Å². The van der Waals surface area contributed by atoms with Crippen LogP contribution in [-0.4, -0.2) is 32.9 Å². The molecule has 0 unspecified atom stereocenters. The van der Waals surface area contributed by atoms with Crippen LogP contribution in [0.1, 0.15) is 5.56 Å². The second kappa shape index (κ2) is 7.82. The number of aryl methyl sites for hydroxylation is 1. The first-order valence-electron chi connectivity index (χ1n) is 8.27. The summed E-state index contributed by atoms with van der Waals surface area (Å²) in [6, 6.07) is 8.24. The first kappa shape index (κ1) is 20.2. The number of rotatable bonds is 7. The Bertz CT molecular complexity index is 1170. The average molecular weight is 423 g/mol. The minimum absolute atomic E-state index is 0.117. The van der Waals surface area contributed by atoms with Crippen molar-refractivity contribution in [1.82, 2.24) is 14.3 Å². The molecular weight excluding hydrogens is 405 g/mol. The molecule has 3 aromatic rings. The number of benzene rings is 2. The molecule has 0 amide bonds. The third-order valence-corrected chi connectivity index (χ3v) is 7.47. The van der Waals surface area contributed by atoms with Gasteiger partial charge in [0.05, 0.1) is 21.0 Å². The molecule has 10 heteroatoms. The van der Waals surface area contributed by atoms with E-state index in [1.165, 1.54) is 12.1 Å². The van der Waals surface area contributed by atoms with Gasteiger partial charge in [0.25, 0.3) is 0 Å². The predicted molar refractivity (Wildman–Crippen MR) is 100 cm³/mol. The minimum Gasteiger partial charge on any atom is -0.336 e. The van der Waals surface area contributed by atoms with Gasteiger partial charge in [0, 0.05) is 25.5 Å². The minimum atomic E-state index is -3.98. The highest BCUT2D eigenvalue weighted by Gasteiger charge is 2.23. The first-order valence-corrected chi connectivity index (χ1v) is 11.2. The lowest BCUT2D eigenvalue weighted by Gasteiger charge is -2.12. The Morgan fingerprint density at radius 1 is 1.04 bits per heavy atom. The summed E-state index contributed by atoms with van der Waals surface area (Å²) in [6.45, 7) is 2.08. The zero-order valence-electron chi connectivity index (χ0n) is 14.9. The van der Waals surface area contributed by atoms with Crippen LogP contribution in [-0.2, 0) is 26.4 Å². The van der Waals surface area contributed by atoms with Crippen LogP contribution in [0.15, 0.2) is 75.9 Å². The summed E-state index contributed by atoms with van der Waals surface area (Å²) in [5.41, 5.74) is 0.410. The van der Waals surface area contributed by atoms with Gasteiger partial charge in [-0.25, -0.2) is 30.9 Å². The highest BCUT2D eigenvalue weighted by atomic mass is 32.2. The monoisotopic (exact) mass is 423 g/mol. The molecule has 0 radical (unpaired) electrons. The topological polar surface area (TPSA) is 98.1 Å². The van der Waals surface area contributed by atoms with Gasteiger partial charge in [0.15, 0.2) is 0 Å². The van der Waals surface area contributed by atoms with Gasteiger partial charge in [-0.1, -0.05) is 6.07 Å². The number of aromatic nitrogens is 2. The zero-order chi connectivity index (χ0) is 20.4. The van der Waals surface area contributed by atoms with E-state index in [2.05, 4.69) is 9.71 Å². The van der Waals surface area contributed by atoms with E-state index in [1.807, 2.05) is 0 Å². The standard InChI is InChI=1S/C18H18FN3O4S2/c1-14-2-5-17(27(23,24)16-6-3-15(19)4-7-16)12-18(14)28(25,26)21-9-11-22-10-8-20-13-22/h2-8,10,12-13,21H,9,11H2,1H3. The molecule has 0 fully saturated rings. The van der Waals surface area contributed by atoms with E-state index >= 15 is 0 Å². The number of imidazole rings is 1. The lowest BCUT2D eigenvalue weighted by atomic mass is 10.2. The van der Waals surface area contributed by atoms with E-state index in [4.69, 9.17) is 0 Å². The van der Waals surface area contributed by atoms with E-state index in [0.29, 0.717) is 12.1 Å². The van der Waals surface area contributed by atoms with E-state index in [1.54, 1.807) is 30.2 Å². The fraction of sp³-hybridized carbons (Fsp3) is 0.167. The maximum atomic E-state index is 13.1. The Morgan fingerprint density at radius 2 is 1.71 bits per heavy atom. The molecule has 0 bridgehead atoms. The molecule has 148 valence electrons. The summed E-state index contributed by atoms with van der Waals surface area (Å²) in [7, 11) is -7.91. The Balaban J connectivity index is 1.89. The van der Waals surface area contributed by atoms with Gasteiger partial charge in [-0.3, -0.25) is 0 Å². The summed E-state index contributed by atoms with van der Waals surface area (Å²) in [4.78, 5) is 3.46. The quantitative estimate of drug-likeness (QED) is 0.587. The molecule has 1 N–H and O–H groups in total. The summed E-state index contributed by atoms with van der Waals surface area (Å²) in [5, 5.41) is 0. The molecule has 0 saturated carbocycles. The van der Waals surface area contributed by atoms with Crippen molar-refractivity contribution in [3.05, 3.63) is 72.6 Å². The van der Waals surface area contributed by atoms with Crippen LogP contribution >= 0.6 is 0 Å². The second-order valence-electron chi connectivity index (χ2n) is 6.08. The number of sulfonamides is 1. The molecule has 0 saturated heterocycles. The number of sulfone groups is 1. The van der Waals surface area contributed by atoms with E-state index in [9.17, 15) is 21.2 Å². The summed E-state index contributed by atoms with van der Waals surface area (Å²) in [5.74, 6) is -0.562. The Labute approximate surface area is 162 Å².